The first-order chi connectivity index (χ1) is 14.2. The number of carbonyl (C=O) groups excluding carboxylic acids is 4. The van der Waals surface area contributed by atoms with Gasteiger partial charge in [-0.3, -0.25) is 24.2 Å². The van der Waals surface area contributed by atoms with Gasteiger partial charge in [-0.25, -0.2) is 13.6 Å². The summed E-state index contributed by atoms with van der Waals surface area (Å²) in [6.07, 6.45) is 0. The first-order valence-electron chi connectivity index (χ1n) is 8.99. The van der Waals surface area contributed by atoms with Crippen LogP contribution in [0.25, 0.3) is 0 Å². The van der Waals surface area contributed by atoms with Crippen LogP contribution in [0.1, 0.15) is 12.5 Å². The fraction of sp³-hybridized carbons (Fsp3) is 0.200. The zero-order chi connectivity index (χ0) is 21.6. The van der Waals surface area contributed by atoms with Crippen LogP contribution in [0.5, 0.6) is 0 Å². The van der Waals surface area contributed by atoms with E-state index in [1.807, 2.05) is 0 Å². The molecule has 5 amide bonds. The Morgan fingerprint density at radius 2 is 1.87 bits per heavy atom. The molecule has 0 radical (unpaired) electrons. The van der Waals surface area contributed by atoms with Crippen molar-refractivity contribution in [1.29, 1.82) is 0 Å². The lowest BCUT2D eigenvalue weighted by Crippen LogP contribution is -2.48. The second kappa shape index (κ2) is 6.90. The largest absolute Gasteiger partial charge is 0.325 e. The fourth-order valence-electron chi connectivity index (χ4n) is 3.58. The van der Waals surface area contributed by atoms with Crippen molar-refractivity contribution >= 4 is 35.1 Å². The van der Waals surface area contributed by atoms with E-state index in [0.717, 1.165) is 23.1 Å². The Bertz CT molecular complexity index is 1110. The lowest BCUT2D eigenvalue weighted by atomic mass is 9.91. The van der Waals surface area contributed by atoms with Gasteiger partial charge >= 0.3 is 6.03 Å². The van der Waals surface area contributed by atoms with Gasteiger partial charge in [-0.1, -0.05) is 12.1 Å². The van der Waals surface area contributed by atoms with E-state index in [1.165, 1.54) is 6.92 Å². The Morgan fingerprint density at radius 1 is 1.13 bits per heavy atom. The molecule has 2 aliphatic rings. The van der Waals surface area contributed by atoms with Crippen molar-refractivity contribution in [2.24, 2.45) is 0 Å². The van der Waals surface area contributed by atoms with E-state index in [9.17, 15) is 28.0 Å². The Balaban J connectivity index is 1.61. The highest BCUT2D eigenvalue weighted by atomic mass is 19.1. The van der Waals surface area contributed by atoms with Crippen LogP contribution >= 0.6 is 0 Å². The third kappa shape index (κ3) is 3.06. The standard InChI is InChI=1S/C20H16F2N4O4/c1-20(12-8-11(21)6-7-13(12)22)18(29)26(19(30)24-20)10-17(28)25-9-16(27)23-14-4-2-3-5-15(14)25/h2-8H,9-10H2,1H3,(H,23,27)(H,24,30)/t20-/m1/s1. The van der Waals surface area contributed by atoms with Gasteiger partial charge in [0.15, 0.2) is 0 Å². The van der Waals surface area contributed by atoms with Gasteiger partial charge in [0.05, 0.1) is 11.4 Å². The van der Waals surface area contributed by atoms with Crippen LogP contribution in [0.3, 0.4) is 0 Å². The number of nitrogens with zero attached hydrogens (tertiary/aromatic N) is 2. The molecule has 2 aromatic carbocycles. The Hall–Kier alpha value is -3.82. The number of rotatable bonds is 3. The highest BCUT2D eigenvalue weighted by Crippen LogP contribution is 2.32. The zero-order valence-corrected chi connectivity index (χ0v) is 15.7. The maximum absolute atomic E-state index is 14.2. The van der Waals surface area contributed by atoms with Crippen LogP contribution in [-0.4, -0.2) is 41.7 Å². The number of para-hydroxylation sites is 2. The molecule has 2 N–H and O–H groups in total. The van der Waals surface area contributed by atoms with Crippen molar-refractivity contribution in [1.82, 2.24) is 10.2 Å². The van der Waals surface area contributed by atoms with E-state index in [1.54, 1.807) is 24.3 Å². The molecule has 0 aromatic heterocycles. The highest BCUT2D eigenvalue weighted by Gasteiger charge is 2.51. The number of nitrogens with one attached hydrogen (secondary N) is 2. The van der Waals surface area contributed by atoms with Crippen molar-refractivity contribution in [2.75, 3.05) is 23.3 Å². The van der Waals surface area contributed by atoms with E-state index < -0.39 is 47.5 Å². The molecule has 10 heteroatoms. The number of fused-ring (bicyclic) bond motifs is 1. The maximum Gasteiger partial charge on any atom is 0.325 e. The third-order valence-corrected chi connectivity index (χ3v) is 5.11. The molecular weight excluding hydrogens is 398 g/mol. The van der Waals surface area contributed by atoms with Crippen molar-refractivity contribution in [3.05, 3.63) is 59.7 Å². The molecule has 8 nitrogen and oxygen atoms in total. The first kappa shape index (κ1) is 19.5. The van der Waals surface area contributed by atoms with E-state index in [4.69, 9.17) is 0 Å². The van der Waals surface area contributed by atoms with Crippen LogP contribution in [0.4, 0.5) is 25.0 Å². The number of amides is 5. The summed E-state index contributed by atoms with van der Waals surface area (Å²) < 4.78 is 27.9. The topological polar surface area (TPSA) is 98.8 Å². The van der Waals surface area contributed by atoms with Crippen molar-refractivity contribution in [3.63, 3.8) is 0 Å². The van der Waals surface area contributed by atoms with Gasteiger partial charge in [0, 0.05) is 5.56 Å². The second-order valence-corrected chi connectivity index (χ2v) is 7.12. The van der Waals surface area contributed by atoms with E-state index in [-0.39, 0.29) is 12.1 Å². The molecule has 30 heavy (non-hydrogen) atoms. The number of hydrogen-bond acceptors (Lipinski definition) is 4. The monoisotopic (exact) mass is 414 g/mol. The molecule has 1 fully saturated rings. The molecular formula is C20H16F2N4O4. The predicted octanol–water partition coefficient (Wildman–Crippen LogP) is 1.72. The summed E-state index contributed by atoms with van der Waals surface area (Å²) in [5.74, 6) is -3.65. The van der Waals surface area contributed by atoms with Crippen molar-refractivity contribution in [3.8, 4) is 0 Å². The number of halogens is 2. The quantitative estimate of drug-likeness (QED) is 0.747. The number of anilines is 2. The van der Waals surface area contributed by atoms with E-state index in [2.05, 4.69) is 10.6 Å². The molecule has 1 saturated heterocycles. The Kier molecular flexibility index (Phi) is 4.49. The lowest BCUT2D eigenvalue weighted by molar-refractivity contribution is -0.134. The number of hydrogen-bond donors (Lipinski definition) is 2. The average molecular weight is 414 g/mol. The molecule has 0 aliphatic carbocycles. The van der Waals surface area contributed by atoms with Gasteiger partial charge in [0.1, 0.15) is 30.3 Å². The number of carbonyl (C=O) groups is 4. The molecule has 4 rings (SSSR count). The minimum Gasteiger partial charge on any atom is -0.323 e. The summed E-state index contributed by atoms with van der Waals surface area (Å²) in [5.41, 5.74) is -1.38. The minimum atomic E-state index is -1.87. The number of urea groups is 1. The smallest absolute Gasteiger partial charge is 0.323 e. The van der Waals surface area contributed by atoms with Crippen LogP contribution in [0, 0.1) is 11.6 Å². The summed E-state index contributed by atoms with van der Waals surface area (Å²) in [7, 11) is 0. The van der Waals surface area contributed by atoms with Gasteiger partial charge < -0.3 is 10.6 Å². The van der Waals surface area contributed by atoms with Crippen molar-refractivity contribution < 1.29 is 28.0 Å². The number of benzene rings is 2. The second-order valence-electron chi connectivity index (χ2n) is 7.12. The molecule has 1 atom stereocenters. The lowest BCUT2D eigenvalue weighted by Gasteiger charge is -2.30. The van der Waals surface area contributed by atoms with Gasteiger partial charge in [0.25, 0.3) is 5.91 Å². The summed E-state index contributed by atoms with van der Waals surface area (Å²) in [5, 5.41) is 4.96. The average Bonchev–Trinajstić information content (AvgIpc) is 2.92. The molecule has 0 saturated carbocycles. The van der Waals surface area contributed by atoms with Crippen LogP contribution in [0.15, 0.2) is 42.5 Å². The SMILES string of the molecule is C[C@]1(c2cc(F)ccc2F)NC(=O)N(CC(=O)N2CC(=O)Nc3ccccc32)C1=O. The van der Waals surface area contributed by atoms with Gasteiger partial charge in [-0.05, 0) is 37.3 Å². The third-order valence-electron chi connectivity index (χ3n) is 5.11. The van der Waals surface area contributed by atoms with Crippen LogP contribution in [0.2, 0.25) is 0 Å². The molecule has 0 spiro atoms. The first-order valence-corrected chi connectivity index (χ1v) is 8.99. The molecule has 154 valence electrons. The summed E-state index contributed by atoms with van der Waals surface area (Å²) >= 11 is 0. The molecule has 0 bridgehead atoms. The molecule has 2 aromatic rings. The van der Waals surface area contributed by atoms with Crippen molar-refractivity contribution in [2.45, 2.75) is 12.5 Å². The normalized spacial score (nSPS) is 20.7. The molecule has 2 aliphatic heterocycles. The van der Waals surface area contributed by atoms with Crippen LogP contribution in [-0.2, 0) is 19.9 Å². The number of imide groups is 1. The highest BCUT2D eigenvalue weighted by molar-refractivity contribution is 6.14. The summed E-state index contributed by atoms with van der Waals surface area (Å²) in [6.45, 7) is 0.285. The summed E-state index contributed by atoms with van der Waals surface area (Å²) in [6, 6.07) is 8.24. The van der Waals surface area contributed by atoms with Gasteiger partial charge in [0.2, 0.25) is 11.8 Å². The Labute approximate surface area is 169 Å². The van der Waals surface area contributed by atoms with E-state index >= 15 is 0 Å². The molecule has 2 heterocycles. The molecule has 0 unspecified atom stereocenters. The predicted molar refractivity (Wildman–Crippen MR) is 101 cm³/mol. The van der Waals surface area contributed by atoms with Crippen LogP contribution < -0.4 is 15.5 Å². The van der Waals surface area contributed by atoms with E-state index in [0.29, 0.717) is 16.3 Å². The zero-order valence-electron chi connectivity index (χ0n) is 15.7. The van der Waals surface area contributed by atoms with Gasteiger partial charge in [-0.15, -0.1) is 0 Å². The fourth-order valence-corrected chi connectivity index (χ4v) is 3.58. The minimum absolute atomic E-state index is 0.282. The van der Waals surface area contributed by atoms with Gasteiger partial charge in [-0.2, -0.15) is 0 Å². The Morgan fingerprint density at radius 3 is 2.63 bits per heavy atom. The maximum atomic E-state index is 14.2. The summed E-state index contributed by atoms with van der Waals surface area (Å²) in [4.78, 5) is 51.9.